The molecule has 2 rings (SSSR count). The van der Waals surface area contributed by atoms with Gasteiger partial charge in [0.25, 0.3) is 5.91 Å². The molecule has 2 heterocycles. The number of pyridine rings is 1. The lowest BCUT2D eigenvalue weighted by atomic mass is 10.1. The minimum Gasteiger partial charge on any atom is -0.394 e. The maximum Gasteiger partial charge on any atom is 0.490 e. The number of aliphatic hydroxyl groups excluding tert-OH is 2. The number of nitrogens with zero attached hydrogens (tertiary/aromatic N) is 1. The lowest BCUT2D eigenvalue weighted by Gasteiger charge is -2.24. The quantitative estimate of drug-likeness (QED) is 0.195. The average Bonchev–Trinajstić information content (AvgIpc) is 2.87. The van der Waals surface area contributed by atoms with Crippen molar-refractivity contribution in [2.24, 2.45) is 0 Å². The molecule has 1 amide bonds. The van der Waals surface area contributed by atoms with E-state index in [9.17, 15) is 38.5 Å². The van der Waals surface area contributed by atoms with Crippen LogP contribution in [0.15, 0.2) is 24.5 Å². The largest absolute Gasteiger partial charge is 0.490 e. The summed E-state index contributed by atoms with van der Waals surface area (Å²) in [5.41, 5.74) is 0.0279. The lowest BCUT2D eigenvalue weighted by molar-refractivity contribution is -0.0303. The molecular weight excluding hydrogens is 477 g/mol. The predicted molar refractivity (Wildman–Crippen MR) is 92.2 cm³/mol. The van der Waals surface area contributed by atoms with Gasteiger partial charge < -0.3 is 39.8 Å². The molecule has 0 bridgehead atoms. The van der Waals surface area contributed by atoms with E-state index in [0.717, 1.165) is 0 Å². The van der Waals surface area contributed by atoms with Crippen molar-refractivity contribution in [2.75, 3.05) is 6.61 Å². The third-order valence-electron chi connectivity index (χ3n) is 3.39. The van der Waals surface area contributed by atoms with Gasteiger partial charge in [0.1, 0.15) is 18.3 Å². The maximum absolute atomic E-state index is 12.2. The Morgan fingerprint density at radius 3 is 2.37 bits per heavy atom. The summed E-state index contributed by atoms with van der Waals surface area (Å²) in [5.74, 6) is -0.821. The second-order valence-electron chi connectivity index (χ2n) is 5.64. The van der Waals surface area contributed by atoms with Gasteiger partial charge in [-0.3, -0.25) is 14.3 Å². The van der Waals surface area contributed by atoms with Crippen LogP contribution in [0.3, 0.4) is 0 Å². The fourth-order valence-corrected chi connectivity index (χ4v) is 5.49. The molecule has 6 atom stereocenters. The molecule has 30 heavy (non-hydrogen) atoms. The normalized spacial score (nSPS) is 28.5. The number of phosphoric ester groups is 1. The van der Waals surface area contributed by atoms with Crippen molar-refractivity contribution in [3.8, 4) is 0 Å². The molecule has 0 radical (unpaired) electrons. The summed E-state index contributed by atoms with van der Waals surface area (Å²) in [6.45, 7) is -0.809. The number of carbonyl (C=O) groups excluding carboxylic acids is 1. The number of phosphoric acid groups is 3. The van der Waals surface area contributed by atoms with Crippen molar-refractivity contribution in [2.45, 2.75) is 24.5 Å². The first-order chi connectivity index (χ1) is 13.7. The zero-order chi connectivity index (χ0) is 22.7. The molecule has 3 unspecified atom stereocenters. The molecule has 19 heteroatoms. The van der Waals surface area contributed by atoms with E-state index in [4.69, 9.17) is 14.5 Å². The SMILES string of the molecule is O=C(NC1O[C@H](CO)[C@@H](O)[C@H]1OP(=O)(O)OP(=O)(O)OP(=O)(O)O)c1cccnc1. The molecular formula is C11H17N2O14P3. The number of nitrogens with one attached hydrogen (secondary N) is 1. The molecule has 1 fully saturated rings. The second kappa shape index (κ2) is 9.59. The van der Waals surface area contributed by atoms with Crippen LogP contribution in [0, 0.1) is 0 Å². The molecule has 1 aliphatic heterocycles. The van der Waals surface area contributed by atoms with E-state index in [0.29, 0.717) is 0 Å². The highest BCUT2D eigenvalue weighted by Crippen LogP contribution is 2.66. The Kier molecular flexibility index (Phi) is 8.05. The smallest absolute Gasteiger partial charge is 0.394 e. The molecule has 1 aromatic heterocycles. The zero-order valence-electron chi connectivity index (χ0n) is 14.6. The van der Waals surface area contributed by atoms with Crippen LogP contribution in [0.5, 0.6) is 0 Å². The van der Waals surface area contributed by atoms with Crippen LogP contribution in [0.25, 0.3) is 0 Å². The molecule has 1 aromatic rings. The van der Waals surface area contributed by atoms with Gasteiger partial charge in [0, 0.05) is 12.4 Å². The van der Waals surface area contributed by atoms with E-state index in [2.05, 4.69) is 23.4 Å². The maximum atomic E-state index is 12.2. The first-order valence-corrected chi connectivity index (χ1v) is 12.2. The van der Waals surface area contributed by atoms with E-state index in [1.54, 1.807) is 0 Å². The van der Waals surface area contributed by atoms with Gasteiger partial charge in [-0.15, -0.1) is 0 Å². The molecule has 1 saturated heterocycles. The van der Waals surface area contributed by atoms with E-state index >= 15 is 0 Å². The highest BCUT2D eigenvalue weighted by Gasteiger charge is 2.50. The average molecular weight is 494 g/mol. The van der Waals surface area contributed by atoms with Crippen molar-refractivity contribution in [1.29, 1.82) is 0 Å². The fraction of sp³-hybridized carbons (Fsp3) is 0.455. The summed E-state index contributed by atoms with van der Waals surface area (Å²) in [5, 5.41) is 21.5. The van der Waals surface area contributed by atoms with Crippen LogP contribution in [0.4, 0.5) is 0 Å². The number of hydrogen-bond donors (Lipinski definition) is 7. The van der Waals surface area contributed by atoms with Crippen LogP contribution >= 0.6 is 23.5 Å². The van der Waals surface area contributed by atoms with Gasteiger partial charge in [0.2, 0.25) is 0 Å². The summed E-state index contributed by atoms with van der Waals surface area (Å²) in [4.78, 5) is 51.8. The highest BCUT2D eigenvalue weighted by molar-refractivity contribution is 7.66. The minimum atomic E-state index is -5.80. The Balaban J connectivity index is 2.16. The first-order valence-electron chi connectivity index (χ1n) is 7.70. The monoisotopic (exact) mass is 494 g/mol. The fourth-order valence-electron chi connectivity index (χ4n) is 2.28. The molecule has 0 aromatic carbocycles. The van der Waals surface area contributed by atoms with Crippen molar-refractivity contribution in [3.63, 3.8) is 0 Å². The number of aromatic nitrogens is 1. The number of rotatable bonds is 9. The summed E-state index contributed by atoms with van der Waals surface area (Å²) < 4.78 is 50.9. The minimum absolute atomic E-state index is 0.0279. The molecule has 1 aliphatic rings. The van der Waals surface area contributed by atoms with Crippen molar-refractivity contribution in [1.82, 2.24) is 10.3 Å². The van der Waals surface area contributed by atoms with E-state index in [1.807, 2.05) is 0 Å². The Bertz CT molecular complexity index is 892. The van der Waals surface area contributed by atoms with Gasteiger partial charge in [-0.05, 0) is 12.1 Å². The first kappa shape index (κ1) is 25.2. The highest BCUT2D eigenvalue weighted by atomic mass is 31.3. The number of carbonyl (C=O) groups is 1. The van der Waals surface area contributed by atoms with Gasteiger partial charge in [-0.2, -0.15) is 8.62 Å². The van der Waals surface area contributed by atoms with Crippen LogP contribution < -0.4 is 5.32 Å². The molecule has 0 saturated carbocycles. The zero-order valence-corrected chi connectivity index (χ0v) is 17.2. The van der Waals surface area contributed by atoms with Crippen LogP contribution in [0.2, 0.25) is 0 Å². The predicted octanol–water partition coefficient (Wildman–Crippen LogP) is -1.40. The summed E-state index contributed by atoms with van der Waals surface area (Å²) in [6.07, 6.45) is -4.27. The Hall–Kier alpha value is -1.09. The number of hydrogen-bond acceptors (Lipinski definition) is 11. The van der Waals surface area contributed by atoms with Crippen molar-refractivity contribution >= 4 is 29.4 Å². The van der Waals surface area contributed by atoms with Crippen LogP contribution in [0.1, 0.15) is 10.4 Å². The number of ether oxygens (including phenoxy) is 1. The van der Waals surface area contributed by atoms with Gasteiger partial charge in [-0.1, -0.05) is 0 Å². The van der Waals surface area contributed by atoms with Crippen LogP contribution in [-0.4, -0.2) is 71.8 Å². The van der Waals surface area contributed by atoms with E-state index in [1.165, 1.54) is 24.5 Å². The third-order valence-corrected chi connectivity index (χ3v) is 7.22. The standard InChI is InChI=1S/C11H17N2O14P3/c14-5-7-8(15)9(11(24-7)13-10(16)6-2-1-3-12-4-6)25-29(20,21)27-30(22,23)26-28(17,18)19/h1-4,7-9,11,14-15H,5H2,(H,13,16)(H,20,21)(H,22,23)(H2,17,18,19)/t7-,8-,9-,11?/m1/s1. The van der Waals surface area contributed by atoms with E-state index in [-0.39, 0.29) is 5.56 Å². The Labute approximate surface area is 167 Å². The topological polar surface area (TPSA) is 251 Å². The Morgan fingerprint density at radius 2 is 1.83 bits per heavy atom. The van der Waals surface area contributed by atoms with Crippen molar-refractivity contribution < 1.29 is 66.2 Å². The van der Waals surface area contributed by atoms with Crippen LogP contribution in [-0.2, 0) is 31.6 Å². The lowest BCUT2D eigenvalue weighted by Crippen LogP contribution is -2.45. The molecule has 7 N–H and O–H groups in total. The van der Waals surface area contributed by atoms with E-state index < -0.39 is 60.5 Å². The molecule has 170 valence electrons. The van der Waals surface area contributed by atoms with Gasteiger partial charge in [-0.25, -0.2) is 13.7 Å². The number of aliphatic hydroxyl groups is 2. The second-order valence-corrected chi connectivity index (χ2v) is 10.0. The molecule has 16 nitrogen and oxygen atoms in total. The molecule has 0 spiro atoms. The summed E-state index contributed by atoms with van der Waals surface area (Å²) >= 11 is 0. The van der Waals surface area contributed by atoms with Gasteiger partial charge in [0.05, 0.1) is 12.2 Å². The van der Waals surface area contributed by atoms with Gasteiger partial charge in [0.15, 0.2) is 6.23 Å². The third kappa shape index (κ3) is 7.25. The summed E-state index contributed by atoms with van der Waals surface area (Å²) in [6, 6.07) is 2.79. The number of amides is 1. The molecule has 0 aliphatic carbocycles. The summed E-state index contributed by atoms with van der Waals surface area (Å²) in [7, 11) is -17.0. The van der Waals surface area contributed by atoms with Crippen molar-refractivity contribution in [3.05, 3.63) is 30.1 Å². The van der Waals surface area contributed by atoms with Gasteiger partial charge >= 0.3 is 23.5 Å². The Morgan fingerprint density at radius 1 is 1.17 bits per heavy atom.